The van der Waals surface area contributed by atoms with Crippen molar-refractivity contribution >= 4 is 17.8 Å². The second-order valence-electron chi connectivity index (χ2n) is 3.96. The first-order valence-electron chi connectivity index (χ1n) is 5.87. The number of amides is 2. The molecule has 104 valence electrons. The van der Waals surface area contributed by atoms with E-state index in [4.69, 9.17) is 9.52 Å². The summed E-state index contributed by atoms with van der Waals surface area (Å²) in [6.07, 6.45) is 0.798. The van der Waals surface area contributed by atoms with Gasteiger partial charge in [0.25, 0.3) is 5.91 Å². The Labute approximate surface area is 110 Å². The van der Waals surface area contributed by atoms with Crippen LogP contribution in [0.25, 0.3) is 0 Å². The Balaban J connectivity index is 2.58. The molecular formula is C12H16N2O5. The molecular weight excluding hydrogens is 252 g/mol. The van der Waals surface area contributed by atoms with E-state index in [1.807, 2.05) is 6.92 Å². The van der Waals surface area contributed by atoms with E-state index in [1.165, 1.54) is 19.1 Å². The van der Waals surface area contributed by atoms with Gasteiger partial charge >= 0.3 is 5.97 Å². The van der Waals surface area contributed by atoms with Gasteiger partial charge in [-0.15, -0.1) is 0 Å². The molecule has 1 aromatic heterocycles. The molecule has 1 unspecified atom stereocenters. The van der Waals surface area contributed by atoms with Gasteiger partial charge in [0.15, 0.2) is 5.76 Å². The SMILES string of the molecule is CCCNC(=O)C(C)NC(=O)c1ccc(C(=O)O)o1. The molecule has 1 rings (SSSR count). The lowest BCUT2D eigenvalue weighted by molar-refractivity contribution is -0.122. The minimum Gasteiger partial charge on any atom is -0.475 e. The highest BCUT2D eigenvalue weighted by atomic mass is 16.4. The summed E-state index contributed by atoms with van der Waals surface area (Å²) in [6, 6.07) is 1.70. The van der Waals surface area contributed by atoms with Crippen LogP contribution in [0, 0.1) is 0 Å². The lowest BCUT2D eigenvalue weighted by Gasteiger charge is -2.12. The molecule has 7 nitrogen and oxygen atoms in total. The number of nitrogens with one attached hydrogen (secondary N) is 2. The van der Waals surface area contributed by atoms with Gasteiger partial charge in [0, 0.05) is 6.54 Å². The van der Waals surface area contributed by atoms with E-state index in [1.54, 1.807) is 0 Å². The second-order valence-corrected chi connectivity index (χ2v) is 3.96. The Morgan fingerprint density at radius 1 is 1.32 bits per heavy atom. The van der Waals surface area contributed by atoms with Crippen LogP contribution in [0.2, 0.25) is 0 Å². The second kappa shape index (κ2) is 6.58. The molecule has 0 fully saturated rings. The first-order chi connectivity index (χ1) is 8.95. The topological polar surface area (TPSA) is 109 Å². The first-order valence-corrected chi connectivity index (χ1v) is 5.87. The number of hydrogen-bond donors (Lipinski definition) is 3. The fraction of sp³-hybridized carbons (Fsp3) is 0.417. The molecule has 2 amide bonds. The smallest absolute Gasteiger partial charge is 0.371 e. The lowest BCUT2D eigenvalue weighted by atomic mass is 10.3. The van der Waals surface area contributed by atoms with Crippen LogP contribution in [0.4, 0.5) is 0 Å². The predicted octanol–water partition coefficient (Wildman–Crippen LogP) is 0.622. The zero-order valence-corrected chi connectivity index (χ0v) is 10.7. The van der Waals surface area contributed by atoms with Gasteiger partial charge in [-0.3, -0.25) is 9.59 Å². The quantitative estimate of drug-likeness (QED) is 0.701. The average molecular weight is 268 g/mol. The summed E-state index contributed by atoms with van der Waals surface area (Å²) in [5.41, 5.74) is 0. The summed E-state index contributed by atoms with van der Waals surface area (Å²) in [4.78, 5) is 33.8. The zero-order valence-electron chi connectivity index (χ0n) is 10.7. The predicted molar refractivity (Wildman–Crippen MR) is 65.9 cm³/mol. The highest BCUT2D eigenvalue weighted by Gasteiger charge is 2.19. The monoisotopic (exact) mass is 268 g/mol. The van der Waals surface area contributed by atoms with Gasteiger partial charge in [-0.1, -0.05) is 6.92 Å². The summed E-state index contributed by atoms with van der Waals surface area (Å²) in [7, 11) is 0. The summed E-state index contributed by atoms with van der Waals surface area (Å²) in [6.45, 7) is 3.98. The molecule has 1 aromatic rings. The van der Waals surface area contributed by atoms with E-state index in [9.17, 15) is 14.4 Å². The molecule has 19 heavy (non-hydrogen) atoms. The highest BCUT2D eigenvalue weighted by molar-refractivity contribution is 5.96. The van der Waals surface area contributed by atoms with Gasteiger partial charge in [0.05, 0.1) is 0 Å². The maximum atomic E-state index is 11.7. The van der Waals surface area contributed by atoms with E-state index in [2.05, 4.69) is 10.6 Å². The molecule has 0 aliphatic heterocycles. The van der Waals surface area contributed by atoms with Crippen molar-refractivity contribution < 1.29 is 23.9 Å². The molecule has 0 saturated carbocycles. The molecule has 0 saturated heterocycles. The number of hydrogen-bond acceptors (Lipinski definition) is 4. The van der Waals surface area contributed by atoms with Crippen LogP contribution in [-0.2, 0) is 4.79 Å². The van der Waals surface area contributed by atoms with Gasteiger partial charge in [0.2, 0.25) is 11.7 Å². The van der Waals surface area contributed by atoms with Crippen molar-refractivity contribution in [2.24, 2.45) is 0 Å². The van der Waals surface area contributed by atoms with Crippen LogP contribution >= 0.6 is 0 Å². The van der Waals surface area contributed by atoms with Crippen LogP contribution in [-0.4, -0.2) is 35.5 Å². The standard InChI is InChI=1S/C12H16N2O5/c1-3-6-13-10(15)7(2)14-11(16)8-4-5-9(19-8)12(17)18/h4-5,7H,3,6H2,1-2H3,(H,13,15)(H,14,16)(H,17,18). The van der Waals surface area contributed by atoms with Gasteiger partial charge in [-0.2, -0.15) is 0 Å². The van der Waals surface area contributed by atoms with Crippen molar-refractivity contribution in [3.63, 3.8) is 0 Å². The largest absolute Gasteiger partial charge is 0.475 e. The Morgan fingerprint density at radius 2 is 1.95 bits per heavy atom. The molecule has 3 N–H and O–H groups in total. The number of carboxylic acid groups (broad SMARTS) is 1. The minimum absolute atomic E-state index is 0.146. The normalized spacial score (nSPS) is 11.7. The van der Waals surface area contributed by atoms with Crippen LogP contribution in [0.5, 0.6) is 0 Å². The summed E-state index contributed by atoms with van der Waals surface area (Å²) in [5.74, 6) is -2.67. The van der Waals surface area contributed by atoms with Crippen molar-refractivity contribution in [3.05, 3.63) is 23.7 Å². The number of carbonyl (C=O) groups excluding carboxylic acids is 2. The Morgan fingerprint density at radius 3 is 2.47 bits per heavy atom. The molecule has 0 aliphatic carbocycles. The van der Waals surface area contributed by atoms with Gasteiger partial charge in [0.1, 0.15) is 6.04 Å². The third kappa shape index (κ3) is 4.13. The molecule has 7 heteroatoms. The van der Waals surface area contributed by atoms with Crippen molar-refractivity contribution in [1.82, 2.24) is 10.6 Å². The lowest BCUT2D eigenvalue weighted by Crippen LogP contribution is -2.44. The molecule has 0 aromatic carbocycles. The summed E-state index contributed by atoms with van der Waals surface area (Å²) in [5, 5.41) is 13.7. The maximum absolute atomic E-state index is 11.7. The molecule has 0 bridgehead atoms. The summed E-state index contributed by atoms with van der Waals surface area (Å²) >= 11 is 0. The van der Waals surface area contributed by atoms with Crippen LogP contribution in [0.15, 0.2) is 16.5 Å². The van der Waals surface area contributed by atoms with E-state index in [-0.39, 0.29) is 17.4 Å². The summed E-state index contributed by atoms with van der Waals surface area (Å²) < 4.78 is 4.83. The molecule has 0 radical (unpaired) electrons. The molecule has 1 atom stereocenters. The van der Waals surface area contributed by atoms with E-state index in [0.29, 0.717) is 6.54 Å². The van der Waals surface area contributed by atoms with Crippen molar-refractivity contribution in [3.8, 4) is 0 Å². The number of aromatic carboxylic acids is 1. The Kier molecular flexibility index (Phi) is 5.11. The third-order valence-corrected chi connectivity index (χ3v) is 2.33. The third-order valence-electron chi connectivity index (χ3n) is 2.33. The van der Waals surface area contributed by atoms with Gasteiger partial charge in [-0.05, 0) is 25.5 Å². The van der Waals surface area contributed by atoms with Gasteiger partial charge in [-0.25, -0.2) is 4.79 Å². The molecule has 0 aliphatic rings. The fourth-order valence-corrected chi connectivity index (χ4v) is 1.31. The van der Waals surface area contributed by atoms with Crippen molar-refractivity contribution in [2.75, 3.05) is 6.54 Å². The Hall–Kier alpha value is -2.31. The minimum atomic E-state index is -1.26. The van der Waals surface area contributed by atoms with Crippen molar-refractivity contribution in [2.45, 2.75) is 26.3 Å². The van der Waals surface area contributed by atoms with Crippen LogP contribution in [0.3, 0.4) is 0 Å². The zero-order chi connectivity index (χ0) is 14.4. The number of carboxylic acids is 1. The highest BCUT2D eigenvalue weighted by Crippen LogP contribution is 2.07. The fourth-order valence-electron chi connectivity index (χ4n) is 1.31. The van der Waals surface area contributed by atoms with E-state index in [0.717, 1.165) is 6.42 Å². The number of furan rings is 1. The average Bonchev–Trinajstić information content (AvgIpc) is 2.85. The number of carbonyl (C=O) groups is 3. The molecule has 1 heterocycles. The van der Waals surface area contributed by atoms with E-state index < -0.39 is 17.9 Å². The Bertz CT molecular complexity index is 480. The van der Waals surface area contributed by atoms with E-state index >= 15 is 0 Å². The van der Waals surface area contributed by atoms with Crippen molar-refractivity contribution in [1.29, 1.82) is 0 Å². The number of rotatable bonds is 6. The maximum Gasteiger partial charge on any atom is 0.371 e. The van der Waals surface area contributed by atoms with Crippen LogP contribution in [0.1, 0.15) is 41.4 Å². The first kappa shape index (κ1) is 14.7. The van der Waals surface area contributed by atoms with Gasteiger partial charge < -0.3 is 20.2 Å². The molecule has 0 spiro atoms. The van der Waals surface area contributed by atoms with Crippen LogP contribution < -0.4 is 10.6 Å².